The molecule has 0 amide bonds. The summed E-state index contributed by atoms with van der Waals surface area (Å²) in [5, 5.41) is 0. The smallest absolute Gasteiger partial charge is 0.162 e. The van der Waals surface area contributed by atoms with Crippen LogP contribution in [0.2, 0.25) is 0 Å². The lowest BCUT2D eigenvalue weighted by Gasteiger charge is -2.28. The molecule has 2 rings (SSSR count). The zero-order chi connectivity index (χ0) is 15.5. The number of hydrogen-bond donors (Lipinski definition) is 0. The number of Topliss-reactive ketones (excluding diaryl/α,β-unsaturated/α-hetero) is 1. The molecule has 0 N–H and O–H groups in total. The van der Waals surface area contributed by atoms with E-state index < -0.39 is 0 Å². The number of hydrogen-bond acceptors (Lipinski definition) is 2. The van der Waals surface area contributed by atoms with Gasteiger partial charge in [-0.3, -0.25) is 4.79 Å². The predicted molar refractivity (Wildman–Crippen MR) is 88.9 cm³/mol. The van der Waals surface area contributed by atoms with Gasteiger partial charge in [-0.15, -0.1) is 0 Å². The maximum absolute atomic E-state index is 12.3. The van der Waals surface area contributed by atoms with Crippen LogP contribution in [-0.4, -0.2) is 30.8 Å². The Balaban J connectivity index is 1.86. The summed E-state index contributed by atoms with van der Waals surface area (Å²) in [6.07, 6.45) is 4.23. The van der Waals surface area contributed by atoms with Crippen LogP contribution >= 0.6 is 0 Å². The zero-order valence-electron chi connectivity index (χ0n) is 14.0. The Morgan fingerprint density at radius 1 is 1.14 bits per heavy atom. The maximum Gasteiger partial charge on any atom is 0.162 e. The van der Waals surface area contributed by atoms with Crippen molar-refractivity contribution in [3.05, 3.63) is 35.4 Å². The summed E-state index contributed by atoms with van der Waals surface area (Å²) >= 11 is 0. The van der Waals surface area contributed by atoms with Crippen LogP contribution in [0.5, 0.6) is 0 Å². The number of carbonyl (C=O) groups excluding carboxylic acids is 1. The van der Waals surface area contributed by atoms with Crippen molar-refractivity contribution in [3.63, 3.8) is 0 Å². The summed E-state index contributed by atoms with van der Waals surface area (Å²) in [7, 11) is 2.18. The fourth-order valence-corrected chi connectivity index (χ4v) is 2.99. The highest BCUT2D eigenvalue weighted by molar-refractivity contribution is 5.96. The molecule has 1 aliphatic rings. The van der Waals surface area contributed by atoms with Crippen molar-refractivity contribution in [3.8, 4) is 0 Å². The van der Waals surface area contributed by atoms with Crippen LogP contribution in [0.3, 0.4) is 0 Å². The van der Waals surface area contributed by atoms with Gasteiger partial charge in [0.15, 0.2) is 5.78 Å². The number of benzene rings is 1. The Morgan fingerprint density at radius 2 is 1.71 bits per heavy atom. The Bertz CT molecular complexity index is 461. The first-order valence-corrected chi connectivity index (χ1v) is 8.18. The molecule has 2 heteroatoms. The topological polar surface area (TPSA) is 20.3 Å². The molecule has 116 valence electrons. The van der Waals surface area contributed by atoms with Gasteiger partial charge in [0, 0.05) is 12.0 Å². The molecule has 0 radical (unpaired) electrons. The van der Waals surface area contributed by atoms with Gasteiger partial charge in [-0.1, -0.05) is 45.0 Å². The van der Waals surface area contributed by atoms with E-state index in [0.29, 0.717) is 12.2 Å². The lowest BCUT2D eigenvalue weighted by Crippen LogP contribution is -2.30. The minimum Gasteiger partial charge on any atom is -0.306 e. The summed E-state index contributed by atoms with van der Waals surface area (Å²) < 4.78 is 0. The van der Waals surface area contributed by atoms with Gasteiger partial charge in [0.1, 0.15) is 0 Å². The minimum atomic E-state index is 0.149. The van der Waals surface area contributed by atoms with Crippen LogP contribution in [-0.2, 0) is 5.41 Å². The average Bonchev–Trinajstić information content (AvgIpc) is 2.45. The summed E-state index contributed by atoms with van der Waals surface area (Å²) in [5.41, 5.74) is 2.31. The van der Waals surface area contributed by atoms with Crippen molar-refractivity contribution in [2.24, 2.45) is 5.92 Å². The van der Waals surface area contributed by atoms with Crippen molar-refractivity contribution in [1.29, 1.82) is 0 Å². The van der Waals surface area contributed by atoms with Crippen molar-refractivity contribution in [1.82, 2.24) is 4.90 Å². The van der Waals surface area contributed by atoms with Gasteiger partial charge in [0.25, 0.3) is 0 Å². The first kappa shape index (κ1) is 16.2. The van der Waals surface area contributed by atoms with Crippen LogP contribution in [0.25, 0.3) is 0 Å². The summed E-state index contributed by atoms with van der Waals surface area (Å²) in [6.45, 7) is 8.95. The molecule has 1 heterocycles. The molecule has 0 aliphatic carbocycles. The summed E-state index contributed by atoms with van der Waals surface area (Å²) in [4.78, 5) is 14.7. The highest BCUT2D eigenvalue weighted by atomic mass is 16.1. The van der Waals surface area contributed by atoms with E-state index >= 15 is 0 Å². The number of carbonyl (C=O) groups is 1. The Kier molecular flexibility index (Phi) is 5.21. The number of nitrogens with zero attached hydrogens (tertiary/aromatic N) is 1. The van der Waals surface area contributed by atoms with Gasteiger partial charge < -0.3 is 4.90 Å². The van der Waals surface area contributed by atoms with Crippen molar-refractivity contribution >= 4 is 5.78 Å². The third-order valence-corrected chi connectivity index (χ3v) is 4.69. The molecule has 0 unspecified atom stereocenters. The lowest BCUT2D eigenvalue weighted by molar-refractivity contribution is 0.0965. The predicted octanol–water partition coefficient (Wildman–Crippen LogP) is 4.29. The molecule has 1 aliphatic heterocycles. The number of piperidine rings is 1. The molecule has 0 spiro atoms. The fourth-order valence-electron chi connectivity index (χ4n) is 2.99. The van der Waals surface area contributed by atoms with Crippen LogP contribution in [0.1, 0.15) is 62.4 Å². The normalized spacial score (nSPS) is 17.9. The highest BCUT2D eigenvalue weighted by Crippen LogP contribution is 2.24. The highest BCUT2D eigenvalue weighted by Gasteiger charge is 2.18. The summed E-state index contributed by atoms with van der Waals surface area (Å²) in [5.74, 6) is 1.04. The van der Waals surface area contributed by atoms with E-state index in [0.717, 1.165) is 17.9 Å². The van der Waals surface area contributed by atoms with Gasteiger partial charge in [-0.2, -0.15) is 0 Å². The first-order valence-electron chi connectivity index (χ1n) is 8.18. The molecule has 0 atom stereocenters. The van der Waals surface area contributed by atoms with Gasteiger partial charge in [-0.05, 0) is 56.3 Å². The van der Waals surface area contributed by atoms with E-state index in [4.69, 9.17) is 0 Å². The van der Waals surface area contributed by atoms with Gasteiger partial charge in [-0.25, -0.2) is 0 Å². The quantitative estimate of drug-likeness (QED) is 0.770. The molecule has 0 bridgehead atoms. The monoisotopic (exact) mass is 287 g/mol. The third kappa shape index (κ3) is 4.67. The van der Waals surface area contributed by atoms with Gasteiger partial charge in [0.05, 0.1) is 0 Å². The minimum absolute atomic E-state index is 0.149. The number of rotatable bonds is 4. The Hall–Kier alpha value is -1.15. The molecule has 1 aromatic carbocycles. The molecule has 1 saturated heterocycles. The molecule has 0 saturated carbocycles. The lowest BCUT2D eigenvalue weighted by atomic mass is 9.86. The third-order valence-electron chi connectivity index (χ3n) is 4.69. The van der Waals surface area contributed by atoms with Crippen LogP contribution in [0.15, 0.2) is 24.3 Å². The fraction of sp³-hybridized carbons (Fsp3) is 0.632. The van der Waals surface area contributed by atoms with Crippen LogP contribution in [0, 0.1) is 5.92 Å². The van der Waals surface area contributed by atoms with Crippen LogP contribution in [0.4, 0.5) is 0 Å². The Morgan fingerprint density at radius 3 is 2.24 bits per heavy atom. The second-order valence-electron chi connectivity index (χ2n) is 7.54. The van der Waals surface area contributed by atoms with Gasteiger partial charge >= 0.3 is 0 Å². The van der Waals surface area contributed by atoms with E-state index in [1.54, 1.807) is 0 Å². The van der Waals surface area contributed by atoms with E-state index in [9.17, 15) is 4.79 Å². The number of likely N-dealkylation sites (tertiary alicyclic amines) is 1. The van der Waals surface area contributed by atoms with E-state index in [1.807, 2.05) is 12.1 Å². The number of ketones is 1. The first-order chi connectivity index (χ1) is 9.86. The second kappa shape index (κ2) is 6.74. The van der Waals surface area contributed by atoms with Crippen LogP contribution < -0.4 is 0 Å². The molecule has 0 aromatic heterocycles. The summed E-state index contributed by atoms with van der Waals surface area (Å²) in [6, 6.07) is 8.20. The Labute approximate surface area is 129 Å². The molecular formula is C19H29NO. The van der Waals surface area contributed by atoms with E-state index in [1.165, 1.54) is 31.5 Å². The van der Waals surface area contributed by atoms with E-state index in [-0.39, 0.29) is 5.41 Å². The van der Waals surface area contributed by atoms with E-state index in [2.05, 4.69) is 44.9 Å². The largest absolute Gasteiger partial charge is 0.306 e. The SMILES string of the molecule is CN1CCC(CCC(=O)c2ccc(C(C)(C)C)cc2)CC1. The molecular weight excluding hydrogens is 258 g/mol. The molecule has 1 fully saturated rings. The van der Waals surface area contributed by atoms with Crippen molar-refractivity contribution in [2.45, 2.75) is 51.9 Å². The average molecular weight is 287 g/mol. The van der Waals surface area contributed by atoms with Gasteiger partial charge in [0.2, 0.25) is 0 Å². The van der Waals surface area contributed by atoms with Crippen molar-refractivity contribution in [2.75, 3.05) is 20.1 Å². The molecule has 21 heavy (non-hydrogen) atoms. The maximum atomic E-state index is 12.3. The van der Waals surface area contributed by atoms with Crippen molar-refractivity contribution < 1.29 is 4.79 Å². The zero-order valence-corrected chi connectivity index (χ0v) is 14.0. The molecule has 1 aromatic rings. The standard InChI is InChI=1S/C19H29NO/c1-19(2,3)17-8-6-16(7-9-17)18(21)10-5-15-11-13-20(4)14-12-15/h6-9,15H,5,10-14H2,1-4H3. The molecule has 2 nitrogen and oxygen atoms in total. The second-order valence-corrected chi connectivity index (χ2v) is 7.54.